The van der Waals surface area contributed by atoms with Crippen LogP contribution in [0.1, 0.15) is 5.56 Å². The third-order valence-electron chi connectivity index (χ3n) is 2.13. The van der Waals surface area contributed by atoms with E-state index >= 15 is 0 Å². The predicted molar refractivity (Wildman–Crippen MR) is 59.8 cm³/mol. The van der Waals surface area contributed by atoms with Gasteiger partial charge in [0.1, 0.15) is 0 Å². The maximum atomic E-state index is 11.1. The van der Waals surface area contributed by atoms with Crippen LogP contribution < -0.4 is 10.5 Å². The van der Waals surface area contributed by atoms with E-state index in [0.717, 1.165) is 0 Å². The molecule has 0 atom stereocenters. The topological polar surface area (TPSA) is 105 Å². The summed E-state index contributed by atoms with van der Waals surface area (Å²) >= 11 is 0. The summed E-state index contributed by atoms with van der Waals surface area (Å²) in [5, 5.41) is 10.8. The van der Waals surface area contributed by atoms with Gasteiger partial charge in [0.15, 0.2) is 0 Å². The van der Waals surface area contributed by atoms with Gasteiger partial charge in [0, 0.05) is 6.07 Å². The molecule has 0 aliphatic rings. The van der Waals surface area contributed by atoms with Gasteiger partial charge in [0.25, 0.3) is 0 Å². The van der Waals surface area contributed by atoms with E-state index in [9.17, 15) is 14.9 Å². The summed E-state index contributed by atoms with van der Waals surface area (Å²) in [5.74, 6) is -0.507. The number of carbonyl (C=O) groups is 1. The number of methoxy groups -OCH3 is 2. The molecule has 0 aliphatic heterocycles. The first kappa shape index (κ1) is 12.8. The molecule has 0 aromatic heterocycles. The summed E-state index contributed by atoms with van der Waals surface area (Å²) in [5.41, 5.74) is 5.85. The Balaban J connectivity index is 3.19. The number of esters is 1. The van der Waals surface area contributed by atoms with Crippen molar-refractivity contribution in [3.05, 3.63) is 27.8 Å². The highest BCUT2D eigenvalue weighted by Gasteiger charge is 2.20. The first-order chi connectivity index (χ1) is 7.99. The summed E-state index contributed by atoms with van der Waals surface area (Å²) in [6, 6.07) is 2.69. The molecule has 2 N–H and O–H groups in total. The summed E-state index contributed by atoms with van der Waals surface area (Å²) in [6.07, 6.45) is -0.0778. The second-order valence-electron chi connectivity index (χ2n) is 3.25. The molecular weight excluding hydrogens is 228 g/mol. The smallest absolute Gasteiger partial charge is 0.313 e. The molecule has 1 aromatic carbocycles. The Bertz CT molecular complexity index is 458. The molecule has 17 heavy (non-hydrogen) atoms. The van der Waals surface area contributed by atoms with Gasteiger partial charge < -0.3 is 15.2 Å². The Labute approximate surface area is 97.3 Å². The van der Waals surface area contributed by atoms with Crippen molar-refractivity contribution in [2.45, 2.75) is 6.42 Å². The number of benzene rings is 1. The van der Waals surface area contributed by atoms with Crippen LogP contribution in [-0.2, 0) is 16.0 Å². The van der Waals surface area contributed by atoms with Gasteiger partial charge in [-0.2, -0.15) is 0 Å². The molecule has 0 saturated heterocycles. The van der Waals surface area contributed by atoms with E-state index in [1.54, 1.807) is 0 Å². The fourth-order valence-corrected chi connectivity index (χ4v) is 1.39. The number of carbonyl (C=O) groups excluding carboxylic acids is 1. The van der Waals surface area contributed by atoms with E-state index in [2.05, 4.69) is 4.74 Å². The molecule has 0 bridgehead atoms. The number of nitrogens with zero attached hydrogens (tertiary/aromatic N) is 1. The molecule has 7 heteroatoms. The molecule has 92 valence electrons. The summed E-state index contributed by atoms with van der Waals surface area (Å²) < 4.78 is 9.31. The van der Waals surface area contributed by atoms with Gasteiger partial charge in [0.05, 0.1) is 31.3 Å². The Morgan fingerprint density at radius 1 is 1.47 bits per heavy atom. The number of rotatable bonds is 4. The van der Waals surface area contributed by atoms with Crippen molar-refractivity contribution in [3.63, 3.8) is 0 Å². The van der Waals surface area contributed by atoms with Gasteiger partial charge in [-0.05, 0) is 11.6 Å². The number of anilines is 1. The van der Waals surface area contributed by atoms with Gasteiger partial charge in [-0.15, -0.1) is 0 Å². The number of nitro benzene ring substituents is 1. The van der Waals surface area contributed by atoms with Gasteiger partial charge in [-0.3, -0.25) is 14.9 Å². The Hall–Kier alpha value is -2.31. The molecule has 0 unspecified atom stereocenters. The number of nitrogens with two attached hydrogens (primary N) is 1. The van der Waals surface area contributed by atoms with Crippen molar-refractivity contribution >= 4 is 17.3 Å². The van der Waals surface area contributed by atoms with Crippen molar-refractivity contribution in [2.24, 2.45) is 0 Å². The SMILES string of the molecule is COC(=O)Cc1cc(N)c(OC)c([N+](=O)[O-])c1. The maximum absolute atomic E-state index is 11.1. The van der Waals surface area contributed by atoms with Crippen molar-refractivity contribution in [2.75, 3.05) is 20.0 Å². The average molecular weight is 240 g/mol. The molecule has 0 saturated carbocycles. The fourth-order valence-electron chi connectivity index (χ4n) is 1.39. The highest BCUT2D eigenvalue weighted by atomic mass is 16.6. The van der Waals surface area contributed by atoms with Gasteiger partial charge in [0.2, 0.25) is 5.75 Å². The highest BCUT2D eigenvalue weighted by molar-refractivity contribution is 5.75. The molecule has 7 nitrogen and oxygen atoms in total. The second kappa shape index (κ2) is 5.15. The van der Waals surface area contributed by atoms with Crippen LogP contribution in [0.3, 0.4) is 0 Å². The van der Waals surface area contributed by atoms with Crippen LogP contribution in [0, 0.1) is 10.1 Å². The molecule has 0 radical (unpaired) electrons. The predicted octanol–water partition coefficient (Wildman–Crippen LogP) is 0.901. The summed E-state index contributed by atoms with van der Waals surface area (Å²) in [7, 11) is 2.53. The lowest BCUT2D eigenvalue weighted by molar-refractivity contribution is -0.385. The lowest BCUT2D eigenvalue weighted by Crippen LogP contribution is -2.06. The second-order valence-corrected chi connectivity index (χ2v) is 3.25. The zero-order valence-electron chi connectivity index (χ0n) is 9.43. The first-order valence-electron chi connectivity index (χ1n) is 4.67. The lowest BCUT2D eigenvalue weighted by Gasteiger charge is -2.07. The minimum Gasteiger partial charge on any atom is -0.489 e. The number of nitro groups is 1. The van der Waals surface area contributed by atoms with E-state index < -0.39 is 10.9 Å². The first-order valence-corrected chi connectivity index (χ1v) is 4.67. The normalized spacial score (nSPS) is 9.76. The molecule has 0 fully saturated rings. The Morgan fingerprint density at radius 3 is 2.59 bits per heavy atom. The summed E-state index contributed by atoms with van der Waals surface area (Å²) in [6.45, 7) is 0. The summed E-state index contributed by atoms with van der Waals surface area (Å²) in [4.78, 5) is 21.2. The third-order valence-corrected chi connectivity index (χ3v) is 2.13. The zero-order valence-corrected chi connectivity index (χ0v) is 9.43. The largest absolute Gasteiger partial charge is 0.489 e. The number of nitrogen functional groups attached to an aromatic ring is 1. The molecule has 0 aliphatic carbocycles. The third kappa shape index (κ3) is 2.83. The van der Waals surface area contributed by atoms with Gasteiger partial charge >= 0.3 is 11.7 Å². The van der Waals surface area contributed by atoms with Crippen molar-refractivity contribution in [1.82, 2.24) is 0 Å². The van der Waals surface area contributed by atoms with Crippen molar-refractivity contribution in [3.8, 4) is 5.75 Å². The number of ether oxygens (including phenoxy) is 2. The highest BCUT2D eigenvalue weighted by Crippen LogP contribution is 2.34. The van der Waals surface area contributed by atoms with Crippen LogP contribution in [0.5, 0.6) is 5.75 Å². The maximum Gasteiger partial charge on any atom is 0.313 e. The molecule has 0 heterocycles. The molecular formula is C10H12N2O5. The Kier molecular flexibility index (Phi) is 3.86. The van der Waals surface area contributed by atoms with Crippen molar-refractivity contribution in [1.29, 1.82) is 0 Å². The molecule has 1 aromatic rings. The minimum atomic E-state index is -0.615. The average Bonchev–Trinajstić information content (AvgIpc) is 2.28. The van der Waals surface area contributed by atoms with E-state index in [4.69, 9.17) is 10.5 Å². The monoisotopic (exact) mass is 240 g/mol. The number of hydrogen-bond acceptors (Lipinski definition) is 6. The molecule has 1 rings (SSSR count). The van der Waals surface area contributed by atoms with Gasteiger partial charge in [-0.25, -0.2) is 0 Å². The van der Waals surface area contributed by atoms with Crippen LogP contribution in [0.25, 0.3) is 0 Å². The Morgan fingerprint density at radius 2 is 2.12 bits per heavy atom. The van der Waals surface area contributed by atoms with E-state index in [1.807, 2.05) is 0 Å². The molecule has 0 amide bonds. The lowest BCUT2D eigenvalue weighted by atomic mass is 10.1. The quantitative estimate of drug-likeness (QED) is 0.363. The van der Waals surface area contributed by atoms with Crippen LogP contribution >= 0.6 is 0 Å². The number of hydrogen-bond donors (Lipinski definition) is 1. The van der Waals surface area contributed by atoms with E-state index in [-0.39, 0.29) is 23.5 Å². The fraction of sp³-hybridized carbons (Fsp3) is 0.300. The van der Waals surface area contributed by atoms with Gasteiger partial charge in [-0.1, -0.05) is 0 Å². The van der Waals surface area contributed by atoms with Crippen LogP contribution in [0.15, 0.2) is 12.1 Å². The van der Waals surface area contributed by atoms with Crippen LogP contribution in [-0.4, -0.2) is 25.1 Å². The van der Waals surface area contributed by atoms with Crippen molar-refractivity contribution < 1.29 is 19.2 Å². The zero-order chi connectivity index (χ0) is 13.0. The minimum absolute atomic E-state index is 0.0105. The molecule has 0 spiro atoms. The standard InChI is InChI=1S/C10H12N2O5/c1-16-9(13)5-6-3-7(11)10(17-2)8(4-6)12(14)15/h3-4H,5,11H2,1-2H3. The van der Waals surface area contributed by atoms with E-state index in [1.165, 1.54) is 26.4 Å². The van der Waals surface area contributed by atoms with Crippen LogP contribution in [0.4, 0.5) is 11.4 Å². The van der Waals surface area contributed by atoms with E-state index in [0.29, 0.717) is 5.56 Å². The van der Waals surface area contributed by atoms with Crippen LogP contribution in [0.2, 0.25) is 0 Å².